The fourth-order valence-electron chi connectivity index (χ4n) is 9.88. The van der Waals surface area contributed by atoms with Crippen LogP contribution in [0.2, 0.25) is 0 Å². The predicted octanol–water partition coefficient (Wildman–Crippen LogP) is 13.3. The van der Waals surface area contributed by atoms with Crippen LogP contribution >= 0.6 is 0 Å². The summed E-state index contributed by atoms with van der Waals surface area (Å²) in [4.78, 5) is 15.2. The molecular weight excluding hydrogens is 750 g/mol. The average molecular weight is 781 g/mol. The molecule has 0 fully saturated rings. The number of nitrogens with zero attached hydrogens (tertiary/aromatic N) is 4. The van der Waals surface area contributed by atoms with E-state index in [0.717, 1.165) is 83.0 Å². The first-order valence-electron chi connectivity index (χ1n) is 19.9. The van der Waals surface area contributed by atoms with Crippen LogP contribution in [0.4, 0.5) is 13.2 Å². The number of fused-ring (bicyclic) bond motifs is 6. The molecule has 7 heteroatoms. The summed E-state index contributed by atoms with van der Waals surface area (Å²) in [6, 6.07) is 61.5. The van der Waals surface area contributed by atoms with Crippen molar-refractivity contribution < 1.29 is 13.2 Å². The van der Waals surface area contributed by atoms with Gasteiger partial charge in [0.25, 0.3) is 0 Å². The smallest absolute Gasteiger partial charge is 0.308 e. The molecule has 0 radical (unpaired) electrons. The molecule has 0 saturated carbocycles. The molecule has 60 heavy (non-hydrogen) atoms. The molecule has 0 N–H and O–H groups in total. The van der Waals surface area contributed by atoms with E-state index < -0.39 is 17.2 Å². The minimum absolute atomic E-state index is 0.466. The molecule has 8 aromatic carbocycles. The number of benzene rings is 8. The molecule has 0 amide bonds. The second kappa shape index (κ2) is 12.7. The van der Waals surface area contributed by atoms with Gasteiger partial charge < -0.3 is 4.57 Å². The summed E-state index contributed by atoms with van der Waals surface area (Å²) in [5.41, 5.74) is 11.1. The number of hydrogen-bond acceptors (Lipinski definition) is 3. The van der Waals surface area contributed by atoms with Gasteiger partial charge in [0.1, 0.15) is 0 Å². The normalized spacial score (nSPS) is 13.4. The molecule has 1 aliphatic heterocycles. The van der Waals surface area contributed by atoms with Crippen molar-refractivity contribution in [2.45, 2.75) is 11.6 Å². The Kier molecular flexibility index (Phi) is 7.27. The SMILES string of the molecule is FC(F)(F)c1ccc2c(c1)-n1c3cccc(-c4nc(-c5ccccc5)nc(-c5ccccc5)n4)c3c3ccc4c(c31)-c1c-2cccc1C4(c1ccccc1)c1ccccc1. The zero-order chi connectivity index (χ0) is 40.2. The highest BCUT2D eigenvalue weighted by molar-refractivity contribution is 6.22. The van der Waals surface area contributed by atoms with Gasteiger partial charge in [0, 0.05) is 38.6 Å². The van der Waals surface area contributed by atoms with Crippen LogP contribution in [-0.4, -0.2) is 19.5 Å². The number of halogens is 3. The highest BCUT2D eigenvalue weighted by Gasteiger charge is 2.49. The monoisotopic (exact) mass is 780 g/mol. The van der Waals surface area contributed by atoms with Crippen molar-refractivity contribution >= 4 is 21.8 Å². The molecule has 0 bridgehead atoms. The van der Waals surface area contributed by atoms with Gasteiger partial charge in [-0.3, -0.25) is 0 Å². The van der Waals surface area contributed by atoms with Crippen molar-refractivity contribution in [3.8, 4) is 62.1 Å². The number of alkyl halides is 3. The van der Waals surface area contributed by atoms with Crippen LogP contribution < -0.4 is 0 Å². The van der Waals surface area contributed by atoms with Crippen LogP contribution in [0.5, 0.6) is 0 Å². The summed E-state index contributed by atoms with van der Waals surface area (Å²) >= 11 is 0. The summed E-state index contributed by atoms with van der Waals surface area (Å²) in [6.07, 6.45) is -4.55. The van der Waals surface area contributed by atoms with Crippen molar-refractivity contribution in [3.05, 3.63) is 216 Å². The highest BCUT2D eigenvalue weighted by atomic mass is 19.4. The van der Waals surface area contributed by atoms with E-state index in [0.29, 0.717) is 23.2 Å². The molecule has 284 valence electrons. The summed E-state index contributed by atoms with van der Waals surface area (Å²) in [5.74, 6) is 1.52. The van der Waals surface area contributed by atoms with Gasteiger partial charge in [-0.2, -0.15) is 13.2 Å². The second-order valence-electron chi connectivity index (χ2n) is 15.4. The molecule has 2 aromatic heterocycles. The summed E-state index contributed by atoms with van der Waals surface area (Å²) in [6.45, 7) is 0. The Balaban J connectivity index is 1.25. The number of aromatic nitrogens is 4. The largest absolute Gasteiger partial charge is 0.416 e. The van der Waals surface area contributed by atoms with Gasteiger partial charge in [0.15, 0.2) is 17.5 Å². The summed E-state index contributed by atoms with van der Waals surface area (Å²) < 4.78 is 46.3. The Morgan fingerprint density at radius 3 is 1.62 bits per heavy atom. The average Bonchev–Trinajstić information content (AvgIpc) is 3.76. The molecule has 0 unspecified atom stereocenters. The first-order valence-corrected chi connectivity index (χ1v) is 19.9. The minimum atomic E-state index is -4.55. The van der Waals surface area contributed by atoms with E-state index in [1.54, 1.807) is 6.07 Å². The fraction of sp³-hybridized carbons (Fsp3) is 0.0377. The summed E-state index contributed by atoms with van der Waals surface area (Å²) in [7, 11) is 0. The van der Waals surface area contributed by atoms with Gasteiger partial charge in [-0.15, -0.1) is 0 Å². The second-order valence-corrected chi connectivity index (χ2v) is 15.4. The molecule has 2 aliphatic rings. The molecule has 0 atom stereocenters. The van der Waals surface area contributed by atoms with Crippen molar-refractivity contribution in [3.63, 3.8) is 0 Å². The van der Waals surface area contributed by atoms with Gasteiger partial charge in [-0.1, -0.05) is 170 Å². The first-order chi connectivity index (χ1) is 29.4. The van der Waals surface area contributed by atoms with Crippen LogP contribution in [0, 0.1) is 0 Å². The molecule has 3 heterocycles. The molecule has 10 aromatic rings. The lowest BCUT2D eigenvalue weighted by Gasteiger charge is -2.34. The van der Waals surface area contributed by atoms with Gasteiger partial charge in [-0.25, -0.2) is 15.0 Å². The van der Waals surface area contributed by atoms with E-state index in [9.17, 15) is 13.2 Å². The lowest BCUT2D eigenvalue weighted by atomic mass is 9.67. The Morgan fingerprint density at radius 2 is 1.00 bits per heavy atom. The van der Waals surface area contributed by atoms with Crippen molar-refractivity contribution in [2.75, 3.05) is 0 Å². The third-order valence-corrected chi connectivity index (χ3v) is 12.3. The quantitative estimate of drug-likeness (QED) is 0.175. The number of hydrogen-bond donors (Lipinski definition) is 0. The molecule has 12 rings (SSSR count). The topological polar surface area (TPSA) is 43.6 Å². The lowest BCUT2D eigenvalue weighted by Crippen LogP contribution is -2.28. The van der Waals surface area contributed by atoms with Crippen molar-refractivity contribution in [1.29, 1.82) is 0 Å². The summed E-state index contributed by atoms with van der Waals surface area (Å²) in [5, 5.41) is 1.74. The molecular formula is C53H31F3N4. The Bertz CT molecular complexity index is 3240. The minimum Gasteiger partial charge on any atom is -0.308 e. The van der Waals surface area contributed by atoms with E-state index in [-0.39, 0.29) is 0 Å². The Hall–Kier alpha value is -7.64. The van der Waals surface area contributed by atoms with Crippen molar-refractivity contribution in [1.82, 2.24) is 19.5 Å². The van der Waals surface area contributed by atoms with Crippen LogP contribution in [0.15, 0.2) is 188 Å². The zero-order valence-corrected chi connectivity index (χ0v) is 31.8. The van der Waals surface area contributed by atoms with E-state index in [1.165, 1.54) is 12.1 Å². The lowest BCUT2D eigenvalue weighted by molar-refractivity contribution is -0.137. The highest BCUT2D eigenvalue weighted by Crippen LogP contribution is 2.62. The van der Waals surface area contributed by atoms with Gasteiger partial charge >= 0.3 is 6.18 Å². The maximum atomic E-state index is 14.7. The third kappa shape index (κ3) is 4.77. The van der Waals surface area contributed by atoms with E-state index in [2.05, 4.69) is 77.4 Å². The van der Waals surface area contributed by atoms with Crippen LogP contribution in [0.25, 0.3) is 83.9 Å². The van der Waals surface area contributed by atoms with Crippen molar-refractivity contribution in [2.24, 2.45) is 0 Å². The van der Waals surface area contributed by atoms with Gasteiger partial charge in [0.05, 0.1) is 27.7 Å². The van der Waals surface area contributed by atoms with Crippen LogP contribution in [0.1, 0.15) is 27.8 Å². The Morgan fingerprint density at radius 1 is 0.450 bits per heavy atom. The number of rotatable bonds is 5. The standard InChI is InChI=1S/C53H31F3N4/c54-53(55,56)36-27-28-37-38-23-13-25-41-46(38)47-42(52(41,34-19-9-3-10-20-34)35-21-11-4-12-22-35)30-29-39-45-40(24-14-26-43(45)60(48(39)47)44(37)31-36)51-58-49(32-15-5-1-6-16-32)57-50(59-51)33-17-7-2-8-18-33/h1-31H. The van der Waals surface area contributed by atoms with Crippen LogP contribution in [0.3, 0.4) is 0 Å². The van der Waals surface area contributed by atoms with Crippen LogP contribution in [-0.2, 0) is 11.6 Å². The van der Waals surface area contributed by atoms with E-state index >= 15 is 0 Å². The first kappa shape index (κ1) is 34.4. The zero-order valence-electron chi connectivity index (χ0n) is 31.8. The fourth-order valence-corrected chi connectivity index (χ4v) is 9.88. The molecule has 4 nitrogen and oxygen atoms in total. The van der Waals surface area contributed by atoms with E-state index in [4.69, 9.17) is 15.0 Å². The predicted molar refractivity (Wildman–Crippen MR) is 232 cm³/mol. The Labute approximate surface area is 342 Å². The molecule has 1 aliphatic carbocycles. The maximum Gasteiger partial charge on any atom is 0.416 e. The third-order valence-electron chi connectivity index (χ3n) is 12.3. The van der Waals surface area contributed by atoms with Gasteiger partial charge in [0.2, 0.25) is 0 Å². The van der Waals surface area contributed by atoms with Gasteiger partial charge in [-0.05, 0) is 51.6 Å². The van der Waals surface area contributed by atoms with E-state index in [1.807, 2.05) is 97.1 Å². The molecule has 0 spiro atoms. The molecule has 0 saturated heterocycles. The maximum absolute atomic E-state index is 14.7.